The number of sulfonamides is 1. The van der Waals surface area contributed by atoms with E-state index in [9.17, 15) is 13.2 Å². The van der Waals surface area contributed by atoms with Crippen molar-refractivity contribution in [3.63, 3.8) is 0 Å². The third-order valence-electron chi connectivity index (χ3n) is 4.58. The van der Waals surface area contributed by atoms with Crippen molar-refractivity contribution >= 4 is 22.0 Å². The Morgan fingerprint density at radius 3 is 2.31 bits per heavy atom. The first-order valence-electron chi connectivity index (χ1n) is 9.09. The van der Waals surface area contributed by atoms with Crippen LogP contribution in [0.3, 0.4) is 0 Å². The average Bonchev–Trinajstić information content (AvgIpc) is 3.14. The third-order valence-corrected chi connectivity index (χ3v) is 6.64. The lowest BCUT2D eigenvalue weighted by molar-refractivity contribution is -0.120. The van der Waals surface area contributed by atoms with Crippen molar-refractivity contribution in [1.29, 1.82) is 0 Å². The molecule has 3 aromatic rings. The highest BCUT2D eigenvalue weighted by molar-refractivity contribution is 7.89. The van der Waals surface area contributed by atoms with Gasteiger partial charge in [0.1, 0.15) is 0 Å². The molecule has 0 aliphatic rings. The highest BCUT2D eigenvalue weighted by Gasteiger charge is 2.27. The zero-order valence-corrected chi connectivity index (χ0v) is 17.6. The maximum absolute atomic E-state index is 13.0. The quantitative estimate of drug-likeness (QED) is 0.603. The van der Waals surface area contributed by atoms with E-state index in [0.29, 0.717) is 16.7 Å². The molecule has 0 saturated carbocycles. The summed E-state index contributed by atoms with van der Waals surface area (Å²) in [5, 5.41) is 4.26. The largest absolute Gasteiger partial charge is 0.269 e. The van der Waals surface area contributed by atoms with Crippen LogP contribution in [-0.2, 0) is 14.8 Å². The van der Waals surface area contributed by atoms with Gasteiger partial charge in [-0.25, -0.2) is 17.4 Å². The number of carbonyl (C=O) groups excluding carboxylic acids is 1. The molecule has 6 nitrogen and oxygen atoms in total. The summed E-state index contributed by atoms with van der Waals surface area (Å²) < 4.78 is 28.4. The number of likely N-dealkylation sites (N-methyl/N-ethyl adjacent to an activating group) is 1. The van der Waals surface area contributed by atoms with E-state index in [0.717, 1.165) is 15.6 Å². The first-order valence-corrected chi connectivity index (χ1v) is 10.5. The summed E-state index contributed by atoms with van der Waals surface area (Å²) in [7, 11) is -2.67. The first kappa shape index (κ1) is 20.5. The van der Waals surface area contributed by atoms with Crippen molar-refractivity contribution in [2.45, 2.75) is 25.7 Å². The number of carbonyl (C=O) groups is 1. The second-order valence-electron chi connectivity index (χ2n) is 6.93. The molecule has 0 atom stereocenters. The second kappa shape index (κ2) is 8.05. The van der Waals surface area contributed by atoms with Crippen molar-refractivity contribution < 1.29 is 13.2 Å². The van der Waals surface area contributed by atoms with Crippen molar-refractivity contribution in [2.24, 2.45) is 0 Å². The molecule has 7 heteroatoms. The number of para-hydroxylation sites is 1. The van der Waals surface area contributed by atoms with Crippen LogP contribution in [0.5, 0.6) is 0 Å². The topological polar surface area (TPSA) is 72.3 Å². The van der Waals surface area contributed by atoms with E-state index in [4.69, 9.17) is 0 Å². The van der Waals surface area contributed by atoms with Gasteiger partial charge < -0.3 is 0 Å². The minimum absolute atomic E-state index is 0.171. The lowest BCUT2D eigenvalue weighted by atomic mass is 10.1. The van der Waals surface area contributed by atoms with E-state index in [2.05, 4.69) is 5.10 Å². The highest BCUT2D eigenvalue weighted by atomic mass is 32.2. The number of hydrogen-bond donors (Lipinski definition) is 0. The summed E-state index contributed by atoms with van der Waals surface area (Å²) in [5.41, 5.74) is 3.80. The Morgan fingerprint density at radius 2 is 1.69 bits per heavy atom. The fourth-order valence-corrected chi connectivity index (χ4v) is 4.75. The van der Waals surface area contributed by atoms with E-state index >= 15 is 0 Å². The number of hydrogen-bond acceptors (Lipinski definition) is 4. The molecule has 0 aliphatic heterocycles. The Bertz CT molecular complexity index is 1160. The van der Waals surface area contributed by atoms with Gasteiger partial charge in [0.05, 0.1) is 16.8 Å². The summed E-state index contributed by atoms with van der Waals surface area (Å²) in [6.07, 6.45) is 6.17. The van der Waals surface area contributed by atoms with Crippen LogP contribution < -0.4 is 0 Å². The fraction of sp³-hybridized carbons (Fsp3) is 0.182. The number of rotatable bonds is 5. The van der Waals surface area contributed by atoms with Crippen LogP contribution in [0, 0.1) is 20.8 Å². The van der Waals surface area contributed by atoms with Gasteiger partial charge in [0.15, 0.2) is 0 Å². The van der Waals surface area contributed by atoms with Gasteiger partial charge in [-0.05, 0) is 50.1 Å². The van der Waals surface area contributed by atoms with Crippen LogP contribution in [0.2, 0.25) is 0 Å². The molecule has 0 aliphatic carbocycles. The van der Waals surface area contributed by atoms with Gasteiger partial charge >= 0.3 is 0 Å². The van der Waals surface area contributed by atoms with Gasteiger partial charge in [0, 0.05) is 24.9 Å². The normalized spacial score (nSPS) is 11.7. The molecule has 3 rings (SSSR count). The summed E-state index contributed by atoms with van der Waals surface area (Å²) in [4.78, 5) is 12.7. The molecule has 0 unspecified atom stereocenters. The van der Waals surface area contributed by atoms with Crippen LogP contribution in [0.15, 0.2) is 65.8 Å². The minimum Gasteiger partial charge on any atom is -0.269 e. The molecule has 1 aromatic heterocycles. The van der Waals surface area contributed by atoms with Gasteiger partial charge in [0.25, 0.3) is 15.9 Å². The maximum Gasteiger partial charge on any atom is 0.267 e. The molecule has 1 amide bonds. The molecule has 1 heterocycles. The summed E-state index contributed by atoms with van der Waals surface area (Å²) in [6.45, 7) is 5.38. The molecule has 0 spiro atoms. The molecule has 0 bridgehead atoms. The molecular weight excluding hydrogens is 386 g/mol. The molecule has 0 saturated heterocycles. The van der Waals surface area contributed by atoms with Crippen LogP contribution in [0.4, 0.5) is 0 Å². The Labute approximate surface area is 171 Å². The molecular formula is C22H23N3O3S. The zero-order chi connectivity index (χ0) is 21.2. The van der Waals surface area contributed by atoms with Crippen LogP contribution in [-0.4, -0.2) is 35.5 Å². The van der Waals surface area contributed by atoms with Gasteiger partial charge in [-0.3, -0.25) is 4.79 Å². The number of aryl methyl sites for hydroxylation is 3. The van der Waals surface area contributed by atoms with Gasteiger partial charge in [-0.15, -0.1) is 0 Å². The SMILES string of the molecule is Cc1cc(C)c(S(=O)(=O)N(C)C(=O)/C=C/c2cnn(-c3ccccc3)c2)c(C)c1. The van der Waals surface area contributed by atoms with E-state index < -0.39 is 15.9 Å². The number of aromatic nitrogens is 2. The minimum atomic E-state index is -3.95. The average molecular weight is 410 g/mol. The van der Waals surface area contributed by atoms with E-state index in [1.807, 2.05) is 37.3 Å². The molecule has 0 N–H and O–H groups in total. The summed E-state index contributed by atoms with van der Waals surface area (Å²) in [6, 6.07) is 13.2. The predicted octanol–water partition coefficient (Wildman–Crippen LogP) is 3.66. The predicted molar refractivity (Wildman–Crippen MR) is 113 cm³/mol. The lowest BCUT2D eigenvalue weighted by Gasteiger charge is -2.19. The zero-order valence-electron chi connectivity index (χ0n) is 16.8. The third kappa shape index (κ3) is 4.30. The van der Waals surface area contributed by atoms with Crippen molar-refractivity contribution in [2.75, 3.05) is 7.05 Å². The number of amides is 1. The van der Waals surface area contributed by atoms with Gasteiger partial charge in [-0.2, -0.15) is 5.10 Å². The van der Waals surface area contributed by atoms with Crippen molar-refractivity contribution in [3.05, 3.63) is 83.2 Å². The van der Waals surface area contributed by atoms with Gasteiger partial charge in [0.2, 0.25) is 0 Å². The monoisotopic (exact) mass is 409 g/mol. The molecule has 2 aromatic carbocycles. The van der Waals surface area contributed by atoms with Crippen LogP contribution in [0.1, 0.15) is 22.3 Å². The Kier molecular flexibility index (Phi) is 5.70. The van der Waals surface area contributed by atoms with Gasteiger partial charge in [-0.1, -0.05) is 35.9 Å². The fourth-order valence-electron chi connectivity index (χ4n) is 3.25. The van der Waals surface area contributed by atoms with Crippen molar-refractivity contribution in [1.82, 2.24) is 14.1 Å². The summed E-state index contributed by atoms with van der Waals surface area (Å²) >= 11 is 0. The smallest absolute Gasteiger partial charge is 0.267 e. The molecule has 150 valence electrons. The number of benzene rings is 2. The van der Waals surface area contributed by atoms with E-state index in [-0.39, 0.29) is 4.90 Å². The second-order valence-corrected chi connectivity index (χ2v) is 8.83. The maximum atomic E-state index is 13.0. The Morgan fingerprint density at radius 1 is 1.07 bits per heavy atom. The van der Waals surface area contributed by atoms with Crippen LogP contribution >= 0.6 is 0 Å². The Balaban J connectivity index is 1.81. The van der Waals surface area contributed by atoms with Crippen molar-refractivity contribution in [3.8, 4) is 5.69 Å². The van der Waals surface area contributed by atoms with Crippen LogP contribution in [0.25, 0.3) is 11.8 Å². The molecule has 29 heavy (non-hydrogen) atoms. The summed E-state index contributed by atoms with van der Waals surface area (Å²) in [5.74, 6) is -0.628. The first-order chi connectivity index (χ1) is 13.7. The highest BCUT2D eigenvalue weighted by Crippen LogP contribution is 2.24. The molecule has 0 radical (unpaired) electrons. The lowest BCUT2D eigenvalue weighted by Crippen LogP contribution is -2.32. The number of nitrogens with zero attached hydrogens (tertiary/aromatic N) is 3. The molecule has 0 fully saturated rings. The van der Waals surface area contributed by atoms with E-state index in [1.54, 1.807) is 49.1 Å². The van der Waals surface area contributed by atoms with E-state index in [1.165, 1.54) is 13.1 Å². The Hall–Kier alpha value is -3.19. The standard InChI is InChI=1S/C22H23N3O3S/c1-16-12-17(2)22(18(3)13-16)29(27,28)24(4)21(26)11-10-19-14-23-25(15-19)20-8-6-5-7-9-20/h5-15H,1-4H3/b11-10+.